The molecule has 0 saturated carbocycles. The number of ether oxygens (including phenoxy) is 1. The summed E-state index contributed by atoms with van der Waals surface area (Å²) in [6.45, 7) is 1.68. The Hall–Kier alpha value is -1.29. The molecule has 1 aromatic rings. The zero-order chi connectivity index (χ0) is 16.9. The van der Waals surface area contributed by atoms with Crippen LogP contribution in [0, 0.1) is 0 Å². The zero-order valence-electron chi connectivity index (χ0n) is 12.9. The SMILES string of the molecule is CN1CCN(S(=O)(=O)NCc2cccc(OCC(F)F)c2)CC1. The average Bonchev–Trinajstić information content (AvgIpc) is 2.52. The van der Waals surface area contributed by atoms with Crippen LogP contribution in [0.25, 0.3) is 0 Å². The molecule has 2 rings (SSSR count). The maximum atomic E-state index is 12.2. The smallest absolute Gasteiger partial charge is 0.279 e. The molecular weight excluding hydrogens is 328 g/mol. The minimum absolute atomic E-state index is 0.0839. The van der Waals surface area contributed by atoms with E-state index in [-0.39, 0.29) is 6.54 Å². The third-order valence-corrected chi connectivity index (χ3v) is 5.09. The first-order chi connectivity index (χ1) is 10.9. The highest BCUT2D eigenvalue weighted by atomic mass is 32.2. The summed E-state index contributed by atoms with van der Waals surface area (Å²) < 4.78 is 57.6. The third kappa shape index (κ3) is 5.69. The van der Waals surface area contributed by atoms with Crippen LogP contribution < -0.4 is 9.46 Å². The molecule has 0 atom stereocenters. The molecule has 9 heteroatoms. The summed E-state index contributed by atoms with van der Waals surface area (Å²) in [4.78, 5) is 2.07. The summed E-state index contributed by atoms with van der Waals surface area (Å²) in [5.41, 5.74) is 0.648. The van der Waals surface area contributed by atoms with Crippen LogP contribution in [0.3, 0.4) is 0 Å². The van der Waals surface area contributed by atoms with Crippen molar-refractivity contribution in [3.63, 3.8) is 0 Å². The number of piperazine rings is 1. The molecule has 0 amide bonds. The Balaban J connectivity index is 1.90. The Labute approximate surface area is 135 Å². The van der Waals surface area contributed by atoms with Crippen LogP contribution in [-0.2, 0) is 16.8 Å². The number of halogens is 2. The van der Waals surface area contributed by atoms with Gasteiger partial charge in [-0.15, -0.1) is 0 Å². The van der Waals surface area contributed by atoms with Crippen molar-refractivity contribution in [1.29, 1.82) is 0 Å². The predicted octanol–water partition coefficient (Wildman–Crippen LogP) is 0.912. The van der Waals surface area contributed by atoms with Gasteiger partial charge in [-0.2, -0.15) is 17.4 Å². The molecule has 23 heavy (non-hydrogen) atoms. The quantitative estimate of drug-likeness (QED) is 0.795. The molecule has 1 heterocycles. The average molecular weight is 349 g/mol. The van der Waals surface area contributed by atoms with Gasteiger partial charge >= 0.3 is 0 Å². The minimum atomic E-state index is -3.55. The van der Waals surface area contributed by atoms with Crippen LogP contribution in [0.15, 0.2) is 24.3 Å². The van der Waals surface area contributed by atoms with E-state index in [9.17, 15) is 17.2 Å². The summed E-state index contributed by atoms with van der Waals surface area (Å²) in [7, 11) is -1.60. The van der Waals surface area contributed by atoms with E-state index in [1.54, 1.807) is 24.3 Å². The standard InChI is InChI=1S/C14H21F2N3O3S/c1-18-5-7-19(8-6-18)23(20,21)17-10-12-3-2-4-13(9-12)22-11-14(15)16/h2-4,9,14,17H,5-8,10-11H2,1H3. The van der Waals surface area contributed by atoms with Gasteiger partial charge < -0.3 is 9.64 Å². The largest absolute Gasteiger partial charge is 0.488 e. The first-order valence-electron chi connectivity index (χ1n) is 7.30. The maximum Gasteiger partial charge on any atom is 0.279 e. The first kappa shape index (κ1) is 18.1. The number of benzene rings is 1. The molecule has 1 fully saturated rings. The molecule has 0 aromatic heterocycles. The normalized spacial score (nSPS) is 17.6. The Morgan fingerprint density at radius 3 is 2.61 bits per heavy atom. The van der Waals surface area contributed by atoms with Crippen molar-refractivity contribution < 1.29 is 21.9 Å². The van der Waals surface area contributed by atoms with E-state index in [1.165, 1.54) is 4.31 Å². The Morgan fingerprint density at radius 1 is 1.26 bits per heavy atom. The van der Waals surface area contributed by atoms with Crippen LogP contribution >= 0.6 is 0 Å². The van der Waals surface area contributed by atoms with E-state index in [1.807, 2.05) is 7.05 Å². The van der Waals surface area contributed by atoms with Crippen LogP contribution in [0.4, 0.5) is 8.78 Å². The molecule has 0 aliphatic carbocycles. The van der Waals surface area contributed by atoms with Gasteiger partial charge in [0.1, 0.15) is 12.4 Å². The van der Waals surface area contributed by atoms with Gasteiger partial charge in [-0.1, -0.05) is 12.1 Å². The fourth-order valence-corrected chi connectivity index (χ4v) is 3.37. The second-order valence-corrected chi connectivity index (χ2v) is 7.13. The van der Waals surface area contributed by atoms with Gasteiger partial charge in [0.25, 0.3) is 16.6 Å². The summed E-state index contributed by atoms with van der Waals surface area (Å²) in [5, 5.41) is 0. The molecule has 1 saturated heterocycles. The van der Waals surface area contributed by atoms with Crippen LogP contribution in [-0.4, -0.2) is 63.9 Å². The fourth-order valence-electron chi connectivity index (χ4n) is 2.20. The van der Waals surface area contributed by atoms with Gasteiger partial charge in [0.05, 0.1) is 0 Å². The van der Waals surface area contributed by atoms with Gasteiger partial charge in [0.2, 0.25) is 0 Å². The lowest BCUT2D eigenvalue weighted by molar-refractivity contribution is 0.0818. The number of hydrogen-bond acceptors (Lipinski definition) is 4. The Morgan fingerprint density at radius 2 is 1.96 bits per heavy atom. The fraction of sp³-hybridized carbons (Fsp3) is 0.571. The lowest BCUT2D eigenvalue weighted by atomic mass is 10.2. The Kier molecular flexibility index (Phi) is 6.28. The van der Waals surface area contributed by atoms with Crippen molar-refractivity contribution in [2.24, 2.45) is 0 Å². The van der Waals surface area contributed by atoms with Gasteiger partial charge in [0.15, 0.2) is 0 Å². The van der Waals surface area contributed by atoms with E-state index < -0.39 is 23.2 Å². The van der Waals surface area contributed by atoms with Crippen molar-refractivity contribution in [1.82, 2.24) is 13.9 Å². The molecule has 1 aliphatic rings. The topological polar surface area (TPSA) is 61.9 Å². The molecule has 6 nitrogen and oxygen atoms in total. The monoisotopic (exact) mass is 349 g/mol. The van der Waals surface area contributed by atoms with Gasteiger partial charge in [-0.3, -0.25) is 0 Å². The van der Waals surface area contributed by atoms with Crippen LogP contribution in [0.2, 0.25) is 0 Å². The number of hydrogen-bond donors (Lipinski definition) is 1. The molecule has 0 radical (unpaired) electrons. The number of nitrogens with one attached hydrogen (secondary N) is 1. The number of alkyl halides is 2. The highest BCUT2D eigenvalue weighted by Gasteiger charge is 2.25. The van der Waals surface area contributed by atoms with Gasteiger partial charge in [-0.05, 0) is 24.7 Å². The first-order valence-corrected chi connectivity index (χ1v) is 8.74. The van der Waals surface area contributed by atoms with Crippen LogP contribution in [0.5, 0.6) is 5.75 Å². The van der Waals surface area contributed by atoms with Crippen molar-refractivity contribution in [3.05, 3.63) is 29.8 Å². The number of nitrogens with zero attached hydrogens (tertiary/aromatic N) is 2. The van der Waals surface area contributed by atoms with E-state index in [0.29, 0.717) is 37.5 Å². The molecule has 0 bridgehead atoms. The van der Waals surface area contributed by atoms with Crippen molar-refractivity contribution in [3.8, 4) is 5.75 Å². The number of likely N-dealkylation sites (N-methyl/N-ethyl adjacent to an activating group) is 1. The van der Waals surface area contributed by atoms with E-state index in [2.05, 4.69) is 9.62 Å². The minimum Gasteiger partial charge on any atom is -0.488 e. The second-order valence-electron chi connectivity index (χ2n) is 5.38. The highest BCUT2D eigenvalue weighted by Crippen LogP contribution is 2.15. The second kappa shape index (κ2) is 8.00. The lowest BCUT2D eigenvalue weighted by Crippen LogP contribution is -2.50. The van der Waals surface area contributed by atoms with Crippen molar-refractivity contribution in [2.45, 2.75) is 13.0 Å². The van der Waals surface area contributed by atoms with E-state index in [4.69, 9.17) is 4.74 Å². The zero-order valence-corrected chi connectivity index (χ0v) is 13.7. The van der Waals surface area contributed by atoms with E-state index in [0.717, 1.165) is 0 Å². The maximum absolute atomic E-state index is 12.2. The van der Waals surface area contributed by atoms with E-state index >= 15 is 0 Å². The molecule has 0 unspecified atom stereocenters. The third-order valence-electron chi connectivity index (χ3n) is 3.54. The summed E-state index contributed by atoms with van der Waals surface area (Å²) in [5.74, 6) is 0.293. The molecule has 1 aliphatic heterocycles. The molecular formula is C14H21F2N3O3S. The summed E-state index contributed by atoms with van der Waals surface area (Å²) in [6.07, 6.45) is -2.55. The molecule has 1 aromatic carbocycles. The van der Waals surface area contributed by atoms with Crippen molar-refractivity contribution in [2.75, 3.05) is 39.8 Å². The summed E-state index contributed by atoms with van der Waals surface area (Å²) in [6, 6.07) is 6.46. The van der Waals surface area contributed by atoms with Gasteiger partial charge in [0, 0.05) is 32.7 Å². The molecule has 130 valence electrons. The Bertz CT molecular complexity index is 605. The number of rotatable bonds is 7. The highest BCUT2D eigenvalue weighted by molar-refractivity contribution is 7.87. The molecule has 1 N–H and O–H groups in total. The van der Waals surface area contributed by atoms with Crippen LogP contribution in [0.1, 0.15) is 5.56 Å². The molecule has 0 spiro atoms. The van der Waals surface area contributed by atoms with Crippen molar-refractivity contribution >= 4 is 10.2 Å². The summed E-state index contributed by atoms with van der Waals surface area (Å²) >= 11 is 0. The predicted molar refractivity (Wildman–Crippen MR) is 82.8 cm³/mol. The van der Waals surface area contributed by atoms with Gasteiger partial charge in [-0.25, -0.2) is 8.78 Å². The lowest BCUT2D eigenvalue weighted by Gasteiger charge is -2.31.